The Morgan fingerprint density at radius 2 is 2.20 bits per heavy atom. The van der Waals surface area contributed by atoms with Crippen LogP contribution in [0.2, 0.25) is 0 Å². The van der Waals surface area contributed by atoms with Gasteiger partial charge in [-0.2, -0.15) is 0 Å². The lowest BCUT2D eigenvalue weighted by Crippen LogP contribution is -2.52. The minimum Gasteiger partial charge on any atom is -0.478 e. The van der Waals surface area contributed by atoms with E-state index in [2.05, 4.69) is 5.32 Å². The van der Waals surface area contributed by atoms with Crippen molar-refractivity contribution in [3.8, 4) is 0 Å². The fourth-order valence-electron chi connectivity index (χ4n) is 2.82. The van der Waals surface area contributed by atoms with E-state index in [-0.39, 0.29) is 17.6 Å². The average molecular weight is 276 g/mol. The standard InChI is InChI=1S/C13H16N4O3/c14-8-1-2-11(10(5-8)12(18)19)16-3-4-17-9(7-16)6-15-13(17)20/h1-2,5,9H,3-4,6-7,14H2,(H,15,20)(H,18,19). The first-order chi connectivity index (χ1) is 9.56. The van der Waals surface area contributed by atoms with Crippen molar-refractivity contribution in [1.82, 2.24) is 10.2 Å². The highest BCUT2D eigenvalue weighted by atomic mass is 16.4. The normalized spacial score (nSPS) is 21.6. The van der Waals surface area contributed by atoms with Gasteiger partial charge in [-0.1, -0.05) is 0 Å². The van der Waals surface area contributed by atoms with Crippen LogP contribution in [-0.4, -0.2) is 54.2 Å². The van der Waals surface area contributed by atoms with Crippen LogP contribution in [0.25, 0.3) is 0 Å². The summed E-state index contributed by atoms with van der Waals surface area (Å²) in [5, 5.41) is 12.1. The van der Waals surface area contributed by atoms with Gasteiger partial charge in [0.15, 0.2) is 0 Å². The number of hydrogen-bond acceptors (Lipinski definition) is 4. The van der Waals surface area contributed by atoms with Gasteiger partial charge in [-0.25, -0.2) is 9.59 Å². The smallest absolute Gasteiger partial charge is 0.337 e. The van der Waals surface area contributed by atoms with Crippen molar-refractivity contribution in [2.75, 3.05) is 36.8 Å². The van der Waals surface area contributed by atoms with Gasteiger partial charge in [0, 0.05) is 31.9 Å². The first-order valence-corrected chi connectivity index (χ1v) is 6.48. The van der Waals surface area contributed by atoms with E-state index in [1.807, 2.05) is 4.90 Å². The summed E-state index contributed by atoms with van der Waals surface area (Å²) >= 11 is 0. The summed E-state index contributed by atoms with van der Waals surface area (Å²) < 4.78 is 0. The molecule has 1 atom stereocenters. The monoisotopic (exact) mass is 276 g/mol. The predicted molar refractivity (Wildman–Crippen MR) is 73.9 cm³/mol. The minimum absolute atomic E-state index is 0.0367. The zero-order chi connectivity index (χ0) is 14.3. The second-order valence-corrected chi connectivity index (χ2v) is 5.06. The highest BCUT2D eigenvalue weighted by Gasteiger charge is 2.36. The number of benzene rings is 1. The molecule has 0 radical (unpaired) electrons. The first-order valence-electron chi connectivity index (χ1n) is 6.48. The lowest BCUT2D eigenvalue weighted by molar-refractivity contribution is 0.0697. The number of anilines is 2. The summed E-state index contributed by atoms with van der Waals surface area (Å²) in [6, 6.07) is 4.97. The molecule has 7 heteroatoms. The molecule has 2 aliphatic heterocycles. The molecule has 7 nitrogen and oxygen atoms in total. The maximum atomic E-state index is 11.6. The summed E-state index contributed by atoms with van der Waals surface area (Å²) in [5.74, 6) is -0.990. The van der Waals surface area contributed by atoms with Crippen LogP contribution < -0.4 is 16.0 Å². The lowest BCUT2D eigenvalue weighted by Gasteiger charge is -2.38. The minimum atomic E-state index is -0.990. The molecule has 0 spiro atoms. The Kier molecular flexibility index (Phi) is 2.89. The molecular formula is C13H16N4O3. The molecule has 2 saturated heterocycles. The van der Waals surface area contributed by atoms with Gasteiger partial charge in [0.05, 0.1) is 17.3 Å². The zero-order valence-electron chi connectivity index (χ0n) is 10.9. The largest absolute Gasteiger partial charge is 0.478 e. The van der Waals surface area contributed by atoms with Crippen molar-refractivity contribution < 1.29 is 14.7 Å². The van der Waals surface area contributed by atoms with Crippen LogP contribution in [0.1, 0.15) is 10.4 Å². The number of amides is 2. The molecule has 0 aromatic heterocycles. The SMILES string of the molecule is Nc1ccc(N2CCN3C(=O)NCC3C2)c(C(=O)O)c1. The van der Waals surface area contributed by atoms with Gasteiger partial charge in [-0.15, -0.1) is 0 Å². The van der Waals surface area contributed by atoms with Gasteiger partial charge in [0.25, 0.3) is 0 Å². The highest BCUT2D eigenvalue weighted by Crippen LogP contribution is 2.26. The average Bonchev–Trinajstić information content (AvgIpc) is 2.80. The van der Waals surface area contributed by atoms with Crippen LogP contribution >= 0.6 is 0 Å². The number of rotatable bonds is 2. The molecule has 3 rings (SSSR count). The van der Waals surface area contributed by atoms with Crippen molar-refractivity contribution in [1.29, 1.82) is 0 Å². The number of fused-ring (bicyclic) bond motifs is 1. The van der Waals surface area contributed by atoms with E-state index in [1.165, 1.54) is 6.07 Å². The zero-order valence-corrected chi connectivity index (χ0v) is 10.9. The quantitative estimate of drug-likeness (QED) is 0.669. The van der Waals surface area contributed by atoms with E-state index >= 15 is 0 Å². The number of hydrogen-bond donors (Lipinski definition) is 3. The third-order valence-electron chi connectivity index (χ3n) is 3.82. The number of nitrogens with one attached hydrogen (secondary N) is 1. The summed E-state index contributed by atoms with van der Waals surface area (Å²) in [7, 11) is 0. The number of aromatic carboxylic acids is 1. The Morgan fingerprint density at radius 1 is 1.40 bits per heavy atom. The maximum Gasteiger partial charge on any atom is 0.337 e. The van der Waals surface area contributed by atoms with Crippen molar-refractivity contribution >= 4 is 23.4 Å². The molecule has 2 fully saturated rings. The number of carboxylic acids is 1. The van der Waals surface area contributed by atoms with Crippen LogP contribution in [0.4, 0.5) is 16.2 Å². The first kappa shape index (κ1) is 12.6. The number of carboxylic acid groups (broad SMARTS) is 1. The Balaban J connectivity index is 1.87. The van der Waals surface area contributed by atoms with Gasteiger partial charge in [-0.3, -0.25) is 0 Å². The number of nitrogen functional groups attached to an aromatic ring is 1. The molecule has 1 unspecified atom stereocenters. The van der Waals surface area contributed by atoms with Crippen molar-refractivity contribution in [3.05, 3.63) is 23.8 Å². The van der Waals surface area contributed by atoms with Crippen LogP contribution in [0, 0.1) is 0 Å². The molecule has 0 bridgehead atoms. The highest BCUT2D eigenvalue weighted by molar-refractivity contribution is 5.95. The van der Waals surface area contributed by atoms with Gasteiger partial charge in [-0.05, 0) is 18.2 Å². The molecule has 2 amide bonds. The molecule has 0 saturated carbocycles. The number of nitrogens with zero attached hydrogens (tertiary/aromatic N) is 2. The number of carbonyl (C=O) groups is 2. The summed E-state index contributed by atoms with van der Waals surface area (Å²) in [6.45, 7) is 2.45. The molecule has 106 valence electrons. The van der Waals surface area contributed by atoms with Gasteiger partial charge >= 0.3 is 12.0 Å². The van der Waals surface area contributed by atoms with Gasteiger partial charge < -0.3 is 26.0 Å². The van der Waals surface area contributed by atoms with E-state index in [4.69, 9.17) is 5.73 Å². The lowest BCUT2D eigenvalue weighted by atomic mass is 10.1. The van der Waals surface area contributed by atoms with Gasteiger partial charge in [0.2, 0.25) is 0 Å². The number of urea groups is 1. The van der Waals surface area contributed by atoms with E-state index in [0.717, 1.165) is 0 Å². The third-order valence-corrected chi connectivity index (χ3v) is 3.82. The Morgan fingerprint density at radius 3 is 2.95 bits per heavy atom. The molecule has 2 heterocycles. The number of piperazine rings is 1. The number of carbonyl (C=O) groups excluding carboxylic acids is 1. The van der Waals surface area contributed by atoms with Crippen molar-refractivity contribution in [2.24, 2.45) is 0 Å². The Hall–Kier alpha value is -2.44. The Bertz CT molecular complexity index is 575. The van der Waals surface area contributed by atoms with Crippen LogP contribution in [0.3, 0.4) is 0 Å². The molecule has 1 aromatic carbocycles. The third kappa shape index (κ3) is 2.01. The van der Waals surface area contributed by atoms with Crippen LogP contribution in [0.15, 0.2) is 18.2 Å². The second-order valence-electron chi connectivity index (χ2n) is 5.06. The number of nitrogens with two attached hydrogens (primary N) is 1. The maximum absolute atomic E-state index is 11.6. The fraction of sp³-hybridized carbons (Fsp3) is 0.385. The van der Waals surface area contributed by atoms with Crippen molar-refractivity contribution in [2.45, 2.75) is 6.04 Å². The van der Waals surface area contributed by atoms with E-state index in [9.17, 15) is 14.7 Å². The Labute approximate surface area is 116 Å². The summed E-state index contributed by atoms with van der Waals surface area (Å²) in [5.41, 5.74) is 6.95. The fourth-order valence-corrected chi connectivity index (χ4v) is 2.82. The van der Waals surface area contributed by atoms with Crippen LogP contribution in [-0.2, 0) is 0 Å². The molecule has 4 N–H and O–H groups in total. The van der Waals surface area contributed by atoms with Crippen molar-refractivity contribution in [3.63, 3.8) is 0 Å². The molecule has 20 heavy (non-hydrogen) atoms. The van der Waals surface area contributed by atoms with Crippen LogP contribution in [0.5, 0.6) is 0 Å². The second kappa shape index (κ2) is 4.59. The molecule has 2 aliphatic rings. The predicted octanol–water partition coefficient (Wildman–Crippen LogP) is 0.181. The van der Waals surface area contributed by atoms with E-state index < -0.39 is 5.97 Å². The van der Waals surface area contributed by atoms with Gasteiger partial charge in [0.1, 0.15) is 0 Å². The van der Waals surface area contributed by atoms with E-state index in [1.54, 1.807) is 17.0 Å². The molecule has 1 aromatic rings. The van der Waals surface area contributed by atoms with E-state index in [0.29, 0.717) is 37.6 Å². The molecular weight excluding hydrogens is 260 g/mol. The summed E-state index contributed by atoms with van der Waals surface area (Å²) in [6.07, 6.45) is 0. The summed E-state index contributed by atoms with van der Waals surface area (Å²) in [4.78, 5) is 26.7. The molecule has 0 aliphatic carbocycles. The topological polar surface area (TPSA) is 98.9 Å².